The normalized spacial score (nSPS) is 15.4. The van der Waals surface area contributed by atoms with Crippen molar-refractivity contribution in [2.75, 3.05) is 13.7 Å². The minimum absolute atomic E-state index is 0.121. The summed E-state index contributed by atoms with van der Waals surface area (Å²) in [6.45, 7) is 4.95. The largest absolute Gasteiger partial charge is 0.493 e. The van der Waals surface area contributed by atoms with E-state index in [0.717, 1.165) is 12.1 Å². The van der Waals surface area contributed by atoms with Crippen molar-refractivity contribution in [2.24, 2.45) is 0 Å². The highest BCUT2D eigenvalue weighted by atomic mass is 16.5. The second kappa shape index (κ2) is 7.31. The lowest BCUT2D eigenvalue weighted by Gasteiger charge is -2.19. The van der Waals surface area contributed by atoms with Crippen molar-refractivity contribution in [1.29, 1.82) is 0 Å². The highest BCUT2D eigenvalue weighted by Crippen LogP contribution is 2.32. The minimum Gasteiger partial charge on any atom is -0.493 e. The maximum Gasteiger partial charge on any atom is 0.260 e. The maximum absolute atomic E-state index is 11.8. The zero-order valence-electron chi connectivity index (χ0n) is 12.9. The number of carbonyl (C=O) groups is 1. The first-order valence-corrected chi connectivity index (χ1v) is 7.49. The fraction of sp³-hybridized carbons (Fsp3) is 0.562. The number of amides is 1. The van der Waals surface area contributed by atoms with Crippen LogP contribution >= 0.6 is 0 Å². The van der Waals surface area contributed by atoms with E-state index in [4.69, 9.17) is 9.47 Å². The Labute approximate surface area is 126 Å². The molecule has 0 aromatic heterocycles. The molecule has 2 N–H and O–H groups in total. The molecule has 5 heteroatoms. The first kappa shape index (κ1) is 15.6. The average Bonchev–Trinajstić information content (AvgIpc) is 3.30. The summed E-state index contributed by atoms with van der Waals surface area (Å²) in [4.78, 5) is 11.8. The molecule has 0 saturated heterocycles. The van der Waals surface area contributed by atoms with E-state index in [0.29, 0.717) is 24.1 Å². The number of methoxy groups -OCH3 is 1. The van der Waals surface area contributed by atoms with Gasteiger partial charge in [0.05, 0.1) is 7.11 Å². The lowest BCUT2D eigenvalue weighted by Crippen LogP contribution is -2.36. The molecule has 0 heterocycles. The molecule has 0 aliphatic heterocycles. The Morgan fingerprint density at radius 3 is 2.81 bits per heavy atom. The lowest BCUT2D eigenvalue weighted by molar-refractivity contribution is -0.127. The predicted octanol–water partition coefficient (Wildman–Crippen LogP) is 1.85. The van der Waals surface area contributed by atoms with Gasteiger partial charge in [0, 0.05) is 24.7 Å². The van der Waals surface area contributed by atoms with E-state index in [-0.39, 0.29) is 5.91 Å². The zero-order chi connectivity index (χ0) is 15.2. The van der Waals surface area contributed by atoms with Gasteiger partial charge in [-0.3, -0.25) is 4.79 Å². The molecule has 1 fully saturated rings. The summed E-state index contributed by atoms with van der Waals surface area (Å²) in [7, 11) is 1.61. The molecule has 116 valence electrons. The summed E-state index contributed by atoms with van der Waals surface area (Å²) in [6.07, 6.45) is 1.91. The van der Waals surface area contributed by atoms with Gasteiger partial charge in [-0.1, -0.05) is 12.1 Å². The van der Waals surface area contributed by atoms with Crippen molar-refractivity contribution in [3.63, 3.8) is 0 Å². The summed E-state index contributed by atoms with van der Waals surface area (Å²) in [5.41, 5.74) is 1.01. The number of hydrogen-bond donors (Lipinski definition) is 2. The third-order valence-corrected chi connectivity index (χ3v) is 3.45. The van der Waals surface area contributed by atoms with Crippen LogP contribution in [0.5, 0.6) is 11.5 Å². The summed E-state index contributed by atoms with van der Waals surface area (Å²) < 4.78 is 11.2. The van der Waals surface area contributed by atoms with Crippen molar-refractivity contribution < 1.29 is 14.3 Å². The lowest BCUT2D eigenvalue weighted by atomic mass is 10.1. The van der Waals surface area contributed by atoms with E-state index in [1.807, 2.05) is 25.1 Å². The number of carbonyl (C=O) groups excluding carboxylic acids is 1. The SMILES string of the molecule is CCNC(=O)C(C)Oc1c(CNC2CC2)cccc1OC. The van der Waals surface area contributed by atoms with E-state index in [1.54, 1.807) is 14.0 Å². The van der Waals surface area contributed by atoms with Crippen LogP contribution in [0, 0.1) is 0 Å². The number of rotatable bonds is 8. The molecule has 1 aliphatic rings. The number of likely N-dealkylation sites (N-methyl/N-ethyl adjacent to an activating group) is 1. The van der Waals surface area contributed by atoms with Crippen LogP contribution in [-0.4, -0.2) is 31.7 Å². The van der Waals surface area contributed by atoms with Gasteiger partial charge >= 0.3 is 0 Å². The van der Waals surface area contributed by atoms with E-state index in [2.05, 4.69) is 10.6 Å². The molecule has 1 atom stereocenters. The molecule has 1 saturated carbocycles. The molecule has 1 aliphatic carbocycles. The molecule has 21 heavy (non-hydrogen) atoms. The van der Waals surface area contributed by atoms with Gasteiger partial charge in [0.2, 0.25) is 0 Å². The number of hydrogen-bond acceptors (Lipinski definition) is 4. The highest BCUT2D eigenvalue weighted by molar-refractivity contribution is 5.80. The van der Waals surface area contributed by atoms with Gasteiger partial charge in [0.1, 0.15) is 0 Å². The molecule has 5 nitrogen and oxygen atoms in total. The number of nitrogens with one attached hydrogen (secondary N) is 2. The summed E-state index contributed by atoms with van der Waals surface area (Å²) in [6, 6.07) is 6.40. The second-order valence-corrected chi connectivity index (χ2v) is 5.26. The van der Waals surface area contributed by atoms with Crippen LogP contribution in [0.2, 0.25) is 0 Å². The second-order valence-electron chi connectivity index (χ2n) is 5.26. The van der Waals surface area contributed by atoms with Crippen molar-refractivity contribution >= 4 is 5.91 Å². The first-order valence-electron chi connectivity index (χ1n) is 7.49. The molecule has 0 bridgehead atoms. The highest BCUT2D eigenvalue weighted by Gasteiger charge is 2.22. The van der Waals surface area contributed by atoms with Gasteiger partial charge < -0.3 is 20.1 Å². The molecule has 1 aromatic carbocycles. The van der Waals surface area contributed by atoms with Crippen LogP contribution in [0.15, 0.2) is 18.2 Å². The van der Waals surface area contributed by atoms with Gasteiger partial charge in [0.25, 0.3) is 5.91 Å². The van der Waals surface area contributed by atoms with E-state index < -0.39 is 6.10 Å². The van der Waals surface area contributed by atoms with Crippen LogP contribution in [-0.2, 0) is 11.3 Å². The third kappa shape index (κ3) is 4.36. The van der Waals surface area contributed by atoms with E-state index in [1.165, 1.54) is 12.8 Å². The Hall–Kier alpha value is -1.75. The van der Waals surface area contributed by atoms with E-state index in [9.17, 15) is 4.79 Å². The fourth-order valence-electron chi connectivity index (χ4n) is 2.08. The summed E-state index contributed by atoms with van der Waals surface area (Å²) >= 11 is 0. The topological polar surface area (TPSA) is 59.6 Å². The Morgan fingerprint density at radius 1 is 1.43 bits per heavy atom. The molecule has 0 radical (unpaired) electrons. The Morgan fingerprint density at radius 2 is 2.19 bits per heavy atom. The molecular weight excluding hydrogens is 268 g/mol. The zero-order valence-corrected chi connectivity index (χ0v) is 12.9. The Bertz CT molecular complexity index is 486. The molecule has 2 rings (SSSR count). The number of ether oxygens (including phenoxy) is 2. The van der Waals surface area contributed by atoms with Gasteiger partial charge in [0.15, 0.2) is 17.6 Å². The van der Waals surface area contributed by atoms with Crippen molar-refractivity contribution in [3.8, 4) is 11.5 Å². The van der Waals surface area contributed by atoms with Crippen LogP contribution in [0.25, 0.3) is 0 Å². The van der Waals surface area contributed by atoms with Crippen LogP contribution in [0.4, 0.5) is 0 Å². The molecule has 0 spiro atoms. The Balaban J connectivity index is 2.11. The minimum atomic E-state index is -0.555. The Kier molecular flexibility index (Phi) is 5.44. The van der Waals surface area contributed by atoms with Gasteiger partial charge in [-0.2, -0.15) is 0 Å². The third-order valence-electron chi connectivity index (χ3n) is 3.45. The van der Waals surface area contributed by atoms with Crippen molar-refractivity contribution in [1.82, 2.24) is 10.6 Å². The molecule has 1 unspecified atom stereocenters. The number of para-hydroxylation sites is 1. The van der Waals surface area contributed by atoms with Crippen LogP contribution < -0.4 is 20.1 Å². The number of benzene rings is 1. The average molecular weight is 292 g/mol. The van der Waals surface area contributed by atoms with E-state index >= 15 is 0 Å². The molecule has 1 amide bonds. The molecular formula is C16H24N2O3. The van der Waals surface area contributed by atoms with Gasteiger partial charge in [-0.05, 0) is 32.8 Å². The quantitative estimate of drug-likeness (QED) is 0.768. The maximum atomic E-state index is 11.8. The fourth-order valence-corrected chi connectivity index (χ4v) is 2.08. The van der Waals surface area contributed by atoms with Crippen LogP contribution in [0.3, 0.4) is 0 Å². The first-order chi connectivity index (χ1) is 10.2. The smallest absolute Gasteiger partial charge is 0.260 e. The van der Waals surface area contributed by atoms with Gasteiger partial charge in [-0.15, -0.1) is 0 Å². The predicted molar refractivity (Wildman–Crippen MR) is 81.6 cm³/mol. The monoisotopic (exact) mass is 292 g/mol. The summed E-state index contributed by atoms with van der Waals surface area (Å²) in [5.74, 6) is 1.18. The standard InChI is InChI=1S/C16H24N2O3/c1-4-17-16(19)11(2)21-15-12(10-18-13-8-9-13)6-5-7-14(15)20-3/h5-7,11,13,18H,4,8-10H2,1-3H3,(H,17,19). The van der Waals surface area contributed by atoms with Crippen molar-refractivity contribution in [2.45, 2.75) is 45.4 Å². The van der Waals surface area contributed by atoms with Crippen LogP contribution in [0.1, 0.15) is 32.3 Å². The summed E-state index contributed by atoms with van der Waals surface area (Å²) in [5, 5.41) is 6.22. The van der Waals surface area contributed by atoms with Crippen molar-refractivity contribution in [3.05, 3.63) is 23.8 Å². The molecule has 1 aromatic rings. The van der Waals surface area contributed by atoms with Gasteiger partial charge in [-0.25, -0.2) is 0 Å².